The number of benzene rings is 1. The van der Waals surface area contributed by atoms with Crippen molar-refractivity contribution in [1.82, 2.24) is 5.32 Å². The second-order valence-electron chi connectivity index (χ2n) is 4.08. The highest BCUT2D eigenvalue weighted by atomic mass is 19.1. The smallest absolute Gasteiger partial charge is 0.303 e. The van der Waals surface area contributed by atoms with E-state index in [2.05, 4.69) is 5.32 Å². The molecule has 94 valence electrons. The van der Waals surface area contributed by atoms with E-state index in [1.165, 1.54) is 12.1 Å². The minimum atomic E-state index is -0.761. The van der Waals surface area contributed by atoms with Crippen LogP contribution < -0.4 is 5.32 Å². The van der Waals surface area contributed by atoms with Crippen LogP contribution in [-0.4, -0.2) is 17.6 Å². The molecule has 4 heteroatoms. The monoisotopic (exact) mass is 239 g/mol. The van der Waals surface area contributed by atoms with Crippen molar-refractivity contribution in [3.05, 3.63) is 35.6 Å². The lowest BCUT2D eigenvalue weighted by Crippen LogP contribution is -2.20. The average Bonchev–Trinajstić information content (AvgIpc) is 2.28. The van der Waals surface area contributed by atoms with Gasteiger partial charge in [-0.15, -0.1) is 0 Å². The molecule has 0 saturated carbocycles. The van der Waals surface area contributed by atoms with Crippen molar-refractivity contribution in [3.8, 4) is 0 Å². The van der Waals surface area contributed by atoms with Gasteiger partial charge in [0.05, 0.1) is 0 Å². The van der Waals surface area contributed by atoms with E-state index in [4.69, 9.17) is 5.11 Å². The molecule has 3 nitrogen and oxygen atoms in total. The molecule has 0 spiro atoms. The maximum absolute atomic E-state index is 13.0. The number of aliphatic carboxylic acids is 1. The fraction of sp³-hybridized carbons (Fsp3) is 0.462. The van der Waals surface area contributed by atoms with Gasteiger partial charge in [0.15, 0.2) is 0 Å². The number of carboxylic acids is 1. The van der Waals surface area contributed by atoms with E-state index < -0.39 is 5.97 Å². The lowest BCUT2D eigenvalue weighted by Gasteiger charge is -2.13. The average molecular weight is 239 g/mol. The Morgan fingerprint density at radius 2 is 2.24 bits per heavy atom. The van der Waals surface area contributed by atoms with Crippen LogP contribution >= 0.6 is 0 Å². The zero-order valence-corrected chi connectivity index (χ0v) is 9.95. The minimum Gasteiger partial charge on any atom is -0.481 e. The standard InChI is InChI=1S/C13H18FNO2/c1-10(11-5-4-6-12(14)9-11)15-8-3-2-7-13(16)17/h4-6,9-10,15H,2-3,7-8H2,1H3,(H,16,17)/t10-/m0/s1. The fourth-order valence-electron chi connectivity index (χ4n) is 1.61. The van der Waals surface area contributed by atoms with Gasteiger partial charge in [-0.05, 0) is 44.0 Å². The van der Waals surface area contributed by atoms with Gasteiger partial charge in [0.2, 0.25) is 0 Å². The molecule has 1 aromatic rings. The van der Waals surface area contributed by atoms with Crippen molar-refractivity contribution in [2.24, 2.45) is 0 Å². The molecule has 0 bridgehead atoms. The van der Waals surface area contributed by atoms with E-state index in [1.807, 2.05) is 13.0 Å². The summed E-state index contributed by atoms with van der Waals surface area (Å²) in [5.41, 5.74) is 0.906. The Kier molecular flexibility index (Phi) is 5.63. The lowest BCUT2D eigenvalue weighted by molar-refractivity contribution is -0.137. The van der Waals surface area contributed by atoms with Crippen molar-refractivity contribution < 1.29 is 14.3 Å². The first-order valence-electron chi connectivity index (χ1n) is 5.80. The number of nitrogens with one attached hydrogen (secondary N) is 1. The zero-order chi connectivity index (χ0) is 12.7. The van der Waals surface area contributed by atoms with Crippen LogP contribution in [0.15, 0.2) is 24.3 Å². The summed E-state index contributed by atoms with van der Waals surface area (Å²) in [6.07, 6.45) is 1.68. The molecule has 0 fully saturated rings. The Morgan fingerprint density at radius 3 is 2.88 bits per heavy atom. The van der Waals surface area contributed by atoms with Crippen molar-refractivity contribution in [3.63, 3.8) is 0 Å². The Morgan fingerprint density at radius 1 is 1.47 bits per heavy atom. The first-order valence-corrected chi connectivity index (χ1v) is 5.80. The van der Waals surface area contributed by atoms with Gasteiger partial charge in [-0.2, -0.15) is 0 Å². The summed E-state index contributed by atoms with van der Waals surface area (Å²) >= 11 is 0. The van der Waals surface area contributed by atoms with Crippen molar-refractivity contribution >= 4 is 5.97 Å². The summed E-state index contributed by atoms with van der Waals surface area (Å²) in [7, 11) is 0. The Balaban J connectivity index is 2.25. The third-order valence-corrected chi connectivity index (χ3v) is 2.62. The van der Waals surface area contributed by atoms with Gasteiger partial charge in [-0.1, -0.05) is 12.1 Å². The van der Waals surface area contributed by atoms with Crippen LogP contribution in [0.25, 0.3) is 0 Å². The normalized spacial score (nSPS) is 12.4. The fourth-order valence-corrected chi connectivity index (χ4v) is 1.61. The van der Waals surface area contributed by atoms with Crippen LogP contribution in [-0.2, 0) is 4.79 Å². The highest BCUT2D eigenvalue weighted by Gasteiger charge is 2.05. The van der Waals surface area contributed by atoms with Gasteiger partial charge in [0.1, 0.15) is 5.82 Å². The molecule has 0 amide bonds. The largest absolute Gasteiger partial charge is 0.481 e. The first-order chi connectivity index (χ1) is 8.09. The molecule has 0 heterocycles. The predicted octanol–water partition coefficient (Wildman–Crippen LogP) is 2.73. The Labute approximate surface area is 101 Å². The molecule has 1 atom stereocenters. The molecule has 0 aliphatic carbocycles. The van der Waals surface area contributed by atoms with Gasteiger partial charge in [-0.3, -0.25) is 4.79 Å². The number of halogens is 1. The molecular weight excluding hydrogens is 221 g/mol. The van der Waals surface area contributed by atoms with E-state index in [1.54, 1.807) is 6.07 Å². The van der Waals surface area contributed by atoms with Gasteiger partial charge < -0.3 is 10.4 Å². The number of unbranched alkanes of at least 4 members (excludes halogenated alkanes) is 1. The second-order valence-corrected chi connectivity index (χ2v) is 4.08. The molecular formula is C13H18FNO2. The Hall–Kier alpha value is -1.42. The second kappa shape index (κ2) is 7.01. The van der Waals surface area contributed by atoms with Gasteiger partial charge in [0.25, 0.3) is 0 Å². The summed E-state index contributed by atoms with van der Waals surface area (Å²) in [5.74, 6) is -0.995. The zero-order valence-electron chi connectivity index (χ0n) is 9.95. The molecule has 17 heavy (non-hydrogen) atoms. The van der Waals surface area contributed by atoms with Gasteiger partial charge in [0, 0.05) is 12.5 Å². The number of hydrogen-bond acceptors (Lipinski definition) is 2. The third kappa shape index (κ3) is 5.45. The number of rotatable bonds is 7. The van der Waals surface area contributed by atoms with Crippen LogP contribution in [0.2, 0.25) is 0 Å². The SMILES string of the molecule is C[C@H](NCCCCC(=O)O)c1cccc(F)c1. The minimum absolute atomic E-state index is 0.0792. The van der Waals surface area contributed by atoms with E-state index in [0.717, 1.165) is 18.5 Å². The van der Waals surface area contributed by atoms with Gasteiger partial charge in [-0.25, -0.2) is 4.39 Å². The molecule has 0 radical (unpaired) electrons. The number of hydrogen-bond donors (Lipinski definition) is 2. The number of carboxylic acid groups (broad SMARTS) is 1. The lowest BCUT2D eigenvalue weighted by atomic mass is 10.1. The highest BCUT2D eigenvalue weighted by molar-refractivity contribution is 5.66. The van der Waals surface area contributed by atoms with E-state index in [0.29, 0.717) is 6.42 Å². The first kappa shape index (κ1) is 13.6. The molecule has 0 aliphatic rings. The van der Waals surface area contributed by atoms with Crippen LogP contribution in [0.4, 0.5) is 4.39 Å². The number of carbonyl (C=O) groups is 1. The molecule has 0 saturated heterocycles. The molecule has 0 aliphatic heterocycles. The maximum atomic E-state index is 13.0. The maximum Gasteiger partial charge on any atom is 0.303 e. The topological polar surface area (TPSA) is 49.3 Å². The van der Waals surface area contributed by atoms with E-state index >= 15 is 0 Å². The van der Waals surface area contributed by atoms with Crippen molar-refractivity contribution in [2.45, 2.75) is 32.2 Å². The Bertz CT molecular complexity index is 368. The van der Waals surface area contributed by atoms with Crippen molar-refractivity contribution in [1.29, 1.82) is 0 Å². The molecule has 0 aromatic heterocycles. The summed E-state index contributed by atoms with van der Waals surface area (Å²) in [6.45, 7) is 2.71. The van der Waals surface area contributed by atoms with Crippen LogP contribution in [0.5, 0.6) is 0 Å². The molecule has 1 rings (SSSR count). The third-order valence-electron chi connectivity index (χ3n) is 2.62. The predicted molar refractivity (Wildman–Crippen MR) is 64.3 cm³/mol. The summed E-state index contributed by atoms with van der Waals surface area (Å²) in [4.78, 5) is 10.3. The van der Waals surface area contributed by atoms with Crippen LogP contribution in [0, 0.1) is 5.82 Å². The molecule has 1 aromatic carbocycles. The van der Waals surface area contributed by atoms with Crippen LogP contribution in [0.3, 0.4) is 0 Å². The quantitative estimate of drug-likeness (QED) is 0.719. The van der Waals surface area contributed by atoms with Crippen LogP contribution in [0.1, 0.15) is 37.8 Å². The summed E-state index contributed by atoms with van der Waals surface area (Å²) in [5, 5.41) is 11.7. The van der Waals surface area contributed by atoms with Crippen molar-refractivity contribution in [2.75, 3.05) is 6.54 Å². The molecule has 2 N–H and O–H groups in total. The highest BCUT2D eigenvalue weighted by Crippen LogP contribution is 2.13. The molecule has 0 unspecified atom stereocenters. The van der Waals surface area contributed by atoms with E-state index in [9.17, 15) is 9.18 Å². The summed E-state index contributed by atoms with van der Waals surface area (Å²) < 4.78 is 13.0. The van der Waals surface area contributed by atoms with Gasteiger partial charge >= 0.3 is 5.97 Å². The van der Waals surface area contributed by atoms with E-state index in [-0.39, 0.29) is 18.3 Å². The summed E-state index contributed by atoms with van der Waals surface area (Å²) in [6, 6.07) is 6.57.